The van der Waals surface area contributed by atoms with E-state index in [4.69, 9.17) is 17.3 Å². The highest BCUT2D eigenvalue weighted by Gasteiger charge is 2.15. The molecule has 0 aromatic heterocycles. The molecule has 0 heterocycles. The molecule has 0 fully saturated rings. The average Bonchev–Trinajstić information content (AvgIpc) is 2.43. The molecular formula is C14H12Br2ClFN2. The average molecular weight is 423 g/mol. The molecule has 0 radical (unpaired) electrons. The van der Waals surface area contributed by atoms with Crippen LogP contribution in [0, 0.1) is 5.82 Å². The summed E-state index contributed by atoms with van der Waals surface area (Å²) in [6.45, 7) is 0.265. The van der Waals surface area contributed by atoms with E-state index in [-0.39, 0.29) is 18.4 Å². The molecule has 0 saturated heterocycles. The van der Waals surface area contributed by atoms with Crippen molar-refractivity contribution in [1.29, 1.82) is 0 Å². The van der Waals surface area contributed by atoms with Gasteiger partial charge < -0.3 is 11.1 Å². The summed E-state index contributed by atoms with van der Waals surface area (Å²) in [5, 5.41) is 3.77. The number of anilines is 1. The molecule has 0 aliphatic heterocycles. The molecule has 3 N–H and O–H groups in total. The third-order valence-corrected chi connectivity index (χ3v) is 4.56. The smallest absolute Gasteiger partial charge is 0.128 e. The molecule has 20 heavy (non-hydrogen) atoms. The fraction of sp³-hybridized carbons (Fsp3) is 0.143. The van der Waals surface area contributed by atoms with Gasteiger partial charge in [0.05, 0.1) is 11.1 Å². The second kappa shape index (κ2) is 6.89. The lowest BCUT2D eigenvalue weighted by Crippen LogP contribution is -2.21. The van der Waals surface area contributed by atoms with Crippen LogP contribution in [0.15, 0.2) is 45.3 Å². The van der Waals surface area contributed by atoms with Gasteiger partial charge in [-0.3, -0.25) is 0 Å². The topological polar surface area (TPSA) is 38.0 Å². The maximum absolute atomic E-state index is 13.9. The van der Waals surface area contributed by atoms with Crippen LogP contribution < -0.4 is 11.1 Å². The first kappa shape index (κ1) is 15.8. The van der Waals surface area contributed by atoms with E-state index in [0.29, 0.717) is 10.6 Å². The van der Waals surface area contributed by atoms with Gasteiger partial charge in [0.1, 0.15) is 5.82 Å². The molecule has 1 unspecified atom stereocenters. The van der Waals surface area contributed by atoms with Gasteiger partial charge >= 0.3 is 0 Å². The molecular weight excluding hydrogens is 410 g/mol. The van der Waals surface area contributed by atoms with Crippen LogP contribution in [0.25, 0.3) is 0 Å². The first-order valence-electron chi connectivity index (χ1n) is 5.88. The van der Waals surface area contributed by atoms with Crippen LogP contribution in [0.4, 0.5) is 10.1 Å². The summed E-state index contributed by atoms with van der Waals surface area (Å²) in [6, 6.07) is 9.92. The predicted octanol–water partition coefficient (Wildman–Crippen LogP) is 5.12. The first-order chi connectivity index (χ1) is 9.51. The van der Waals surface area contributed by atoms with Crippen LogP contribution in [-0.4, -0.2) is 6.54 Å². The molecule has 2 aromatic rings. The zero-order chi connectivity index (χ0) is 14.7. The van der Waals surface area contributed by atoms with Crippen LogP contribution in [0.1, 0.15) is 11.6 Å². The zero-order valence-electron chi connectivity index (χ0n) is 10.3. The van der Waals surface area contributed by atoms with E-state index in [0.717, 1.165) is 14.6 Å². The van der Waals surface area contributed by atoms with Gasteiger partial charge in [-0.1, -0.05) is 27.5 Å². The Bertz CT molecular complexity index is 622. The highest BCUT2D eigenvalue weighted by atomic mass is 79.9. The van der Waals surface area contributed by atoms with Crippen LogP contribution in [0.5, 0.6) is 0 Å². The van der Waals surface area contributed by atoms with Crippen molar-refractivity contribution < 1.29 is 4.39 Å². The second-order valence-corrected chi connectivity index (χ2v) is 6.40. The summed E-state index contributed by atoms with van der Waals surface area (Å²) in [7, 11) is 0. The van der Waals surface area contributed by atoms with Crippen LogP contribution >= 0.6 is 43.5 Å². The fourth-order valence-electron chi connectivity index (χ4n) is 1.83. The van der Waals surface area contributed by atoms with Crippen molar-refractivity contribution in [3.05, 3.63) is 61.7 Å². The predicted molar refractivity (Wildman–Crippen MR) is 88.7 cm³/mol. The summed E-state index contributed by atoms with van der Waals surface area (Å²) in [5.74, 6) is -0.292. The minimum Gasteiger partial charge on any atom is -0.377 e. The van der Waals surface area contributed by atoms with Gasteiger partial charge in [-0.25, -0.2) is 4.39 Å². The Hall–Kier alpha value is -0.620. The van der Waals surface area contributed by atoms with Crippen LogP contribution in [-0.2, 0) is 0 Å². The van der Waals surface area contributed by atoms with Crippen molar-refractivity contribution in [2.45, 2.75) is 6.04 Å². The molecule has 106 valence electrons. The standard InChI is InChI=1S/C14H12Br2ClFN2/c15-8-1-4-13(18)10(5-8)14(7-19)20-9-2-3-11(16)12(17)6-9/h1-6,14,20H,7,19H2. The van der Waals surface area contributed by atoms with E-state index in [1.54, 1.807) is 18.2 Å². The van der Waals surface area contributed by atoms with E-state index in [9.17, 15) is 4.39 Å². The van der Waals surface area contributed by atoms with E-state index in [2.05, 4.69) is 37.2 Å². The third kappa shape index (κ3) is 3.73. The van der Waals surface area contributed by atoms with Crippen LogP contribution in [0.2, 0.25) is 5.02 Å². The molecule has 1 atom stereocenters. The second-order valence-electron chi connectivity index (χ2n) is 4.23. The summed E-state index contributed by atoms with van der Waals surface area (Å²) in [5.41, 5.74) is 7.05. The Morgan fingerprint density at radius 1 is 1.20 bits per heavy atom. The molecule has 0 bridgehead atoms. The third-order valence-electron chi connectivity index (χ3n) is 2.83. The number of halogens is 4. The van der Waals surface area contributed by atoms with E-state index in [1.165, 1.54) is 6.07 Å². The number of rotatable bonds is 4. The van der Waals surface area contributed by atoms with Crippen molar-refractivity contribution in [2.75, 3.05) is 11.9 Å². The van der Waals surface area contributed by atoms with Crippen molar-refractivity contribution >= 4 is 49.1 Å². The lowest BCUT2D eigenvalue weighted by molar-refractivity contribution is 0.593. The number of nitrogens with one attached hydrogen (secondary N) is 1. The van der Waals surface area contributed by atoms with Gasteiger partial charge in [0.2, 0.25) is 0 Å². The van der Waals surface area contributed by atoms with E-state index in [1.807, 2.05) is 12.1 Å². The van der Waals surface area contributed by atoms with E-state index < -0.39 is 0 Å². The van der Waals surface area contributed by atoms with Gasteiger partial charge in [0.25, 0.3) is 0 Å². The molecule has 2 aromatic carbocycles. The van der Waals surface area contributed by atoms with Gasteiger partial charge in [0, 0.05) is 26.7 Å². The molecule has 6 heteroatoms. The largest absolute Gasteiger partial charge is 0.377 e. The summed E-state index contributed by atoms with van der Waals surface area (Å²) >= 11 is 12.7. The summed E-state index contributed by atoms with van der Waals surface area (Å²) in [4.78, 5) is 0. The monoisotopic (exact) mass is 420 g/mol. The normalized spacial score (nSPS) is 12.2. The van der Waals surface area contributed by atoms with Crippen molar-refractivity contribution in [3.63, 3.8) is 0 Å². The lowest BCUT2D eigenvalue weighted by Gasteiger charge is -2.20. The molecule has 2 nitrogen and oxygen atoms in total. The van der Waals surface area contributed by atoms with Gasteiger partial charge in [-0.2, -0.15) is 0 Å². The SMILES string of the molecule is NCC(Nc1ccc(Br)c(Cl)c1)c1cc(Br)ccc1F. The minimum absolute atomic E-state index is 0.265. The Morgan fingerprint density at radius 2 is 1.95 bits per heavy atom. The van der Waals surface area contributed by atoms with Gasteiger partial charge in [-0.15, -0.1) is 0 Å². The van der Waals surface area contributed by atoms with Crippen molar-refractivity contribution in [3.8, 4) is 0 Å². The number of hydrogen-bond donors (Lipinski definition) is 2. The molecule has 0 amide bonds. The molecule has 2 rings (SSSR count). The number of hydrogen-bond acceptors (Lipinski definition) is 2. The lowest BCUT2D eigenvalue weighted by atomic mass is 10.1. The highest BCUT2D eigenvalue weighted by Crippen LogP contribution is 2.29. The van der Waals surface area contributed by atoms with Gasteiger partial charge in [-0.05, 0) is 52.3 Å². The molecule has 0 aliphatic carbocycles. The maximum atomic E-state index is 13.9. The Morgan fingerprint density at radius 3 is 2.60 bits per heavy atom. The highest BCUT2D eigenvalue weighted by molar-refractivity contribution is 9.10. The number of benzene rings is 2. The maximum Gasteiger partial charge on any atom is 0.128 e. The Kier molecular flexibility index (Phi) is 5.43. The summed E-state index contributed by atoms with van der Waals surface area (Å²) in [6.07, 6.45) is 0. The van der Waals surface area contributed by atoms with Crippen LogP contribution in [0.3, 0.4) is 0 Å². The molecule has 0 aliphatic rings. The fourth-order valence-corrected chi connectivity index (χ4v) is 2.64. The number of nitrogens with two attached hydrogens (primary N) is 1. The quantitative estimate of drug-likeness (QED) is 0.718. The Balaban J connectivity index is 2.28. The first-order valence-corrected chi connectivity index (χ1v) is 7.84. The summed E-state index contributed by atoms with van der Waals surface area (Å²) < 4.78 is 15.5. The van der Waals surface area contributed by atoms with E-state index >= 15 is 0 Å². The van der Waals surface area contributed by atoms with Crippen molar-refractivity contribution in [2.24, 2.45) is 5.73 Å². The molecule has 0 spiro atoms. The molecule has 0 saturated carbocycles. The van der Waals surface area contributed by atoms with Crippen molar-refractivity contribution in [1.82, 2.24) is 0 Å². The minimum atomic E-state index is -0.329. The zero-order valence-corrected chi connectivity index (χ0v) is 14.3. The van der Waals surface area contributed by atoms with Gasteiger partial charge in [0.15, 0.2) is 0 Å². The Labute approximate surface area is 138 Å².